The predicted octanol–water partition coefficient (Wildman–Crippen LogP) is 6.39. The summed E-state index contributed by atoms with van der Waals surface area (Å²) in [5.74, 6) is 0.994. The van der Waals surface area contributed by atoms with Crippen LogP contribution in [-0.2, 0) is 10.8 Å². The van der Waals surface area contributed by atoms with E-state index in [4.69, 9.17) is 4.74 Å². The van der Waals surface area contributed by atoms with E-state index in [2.05, 4.69) is 97.1 Å². The largest absolute Gasteiger partial charge is 0.491 e. The topological polar surface area (TPSA) is 21.3 Å². The maximum Gasteiger partial charge on any atom is 0.123 e. The molecule has 2 aromatic rings. The second-order valence-corrected chi connectivity index (χ2v) is 9.25. The number of rotatable bonds is 5. The monoisotopic (exact) mass is 353 g/mol. The fourth-order valence-corrected chi connectivity index (χ4v) is 3.14. The Morgan fingerprint density at radius 1 is 0.846 bits per heavy atom. The summed E-state index contributed by atoms with van der Waals surface area (Å²) in [6.07, 6.45) is 0. The van der Waals surface area contributed by atoms with Crippen molar-refractivity contribution in [1.29, 1.82) is 0 Å². The van der Waals surface area contributed by atoms with Gasteiger partial charge in [-0.2, -0.15) is 0 Å². The second kappa shape index (κ2) is 7.73. The van der Waals surface area contributed by atoms with Crippen molar-refractivity contribution in [2.75, 3.05) is 18.5 Å². The average molecular weight is 354 g/mol. The van der Waals surface area contributed by atoms with Crippen LogP contribution < -0.4 is 10.1 Å². The zero-order chi connectivity index (χ0) is 19.5. The molecule has 142 valence electrons. The van der Waals surface area contributed by atoms with Gasteiger partial charge in [-0.15, -0.1) is 0 Å². The second-order valence-electron chi connectivity index (χ2n) is 9.25. The maximum absolute atomic E-state index is 6.17. The molecule has 1 N–H and O–H groups in total. The summed E-state index contributed by atoms with van der Waals surface area (Å²) in [6, 6.07) is 13.0. The van der Waals surface area contributed by atoms with E-state index in [0.717, 1.165) is 12.3 Å². The molecular formula is C24H35NO. The van der Waals surface area contributed by atoms with Crippen molar-refractivity contribution in [2.24, 2.45) is 0 Å². The van der Waals surface area contributed by atoms with Gasteiger partial charge in [0.2, 0.25) is 0 Å². The van der Waals surface area contributed by atoms with Crippen LogP contribution >= 0.6 is 0 Å². The van der Waals surface area contributed by atoms with Gasteiger partial charge in [0.25, 0.3) is 0 Å². The number of ether oxygens (including phenoxy) is 1. The highest BCUT2D eigenvalue weighted by Gasteiger charge is 2.23. The third-order valence-corrected chi connectivity index (χ3v) is 4.80. The van der Waals surface area contributed by atoms with Gasteiger partial charge in [0.1, 0.15) is 12.4 Å². The molecule has 0 saturated heterocycles. The van der Waals surface area contributed by atoms with Gasteiger partial charge in [-0.1, -0.05) is 71.9 Å². The number of para-hydroxylation sites is 1. The van der Waals surface area contributed by atoms with E-state index < -0.39 is 0 Å². The molecule has 0 saturated carbocycles. The van der Waals surface area contributed by atoms with Gasteiger partial charge in [0, 0.05) is 12.2 Å². The van der Waals surface area contributed by atoms with Crippen molar-refractivity contribution >= 4 is 5.69 Å². The Hall–Kier alpha value is -1.96. The molecule has 0 unspecified atom stereocenters. The molecule has 0 fully saturated rings. The Bertz CT molecular complexity index is 728. The number of aryl methyl sites for hydroxylation is 2. The quantitative estimate of drug-likeness (QED) is 0.629. The Labute approximate surface area is 160 Å². The molecule has 0 atom stereocenters. The smallest absolute Gasteiger partial charge is 0.123 e. The maximum atomic E-state index is 6.17. The first-order valence-electron chi connectivity index (χ1n) is 9.58. The zero-order valence-corrected chi connectivity index (χ0v) is 17.8. The lowest BCUT2D eigenvalue weighted by atomic mass is 9.80. The van der Waals surface area contributed by atoms with Crippen LogP contribution in [0.25, 0.3) is 0 Å². The molecule has 0 aliphatic rings. The van der Waals surface area contributed by atoms with Crippen molar-refractivity contribution in [3.63, 3.8) is 0 Å². The summed E-state index contributed by atoms with van der Waals surface area (Å²) in [7, 11) is 0. The van der Waals surface area contributed by atoms with Gasteiger partial charge >= 0.3 is 0 Å². The first kappa shape index (κ1) is 20.4. The lowest BCUT2D eigenvalue weighted by Crippen LogP contribution is -2.19. The lowest BCUT2D eigenvalue weighted by Gasteiger charge is -2.27. The number of anilines is 1. The minimum absolute atomic E-state index is 0.0522. The number of hydrogen-bond acceptors (Lipinski definition) is 2. The fraction of sp³-hybridized carbons (Fsp3) is 0.500. The standard InChI is InChI=1S/C24H35NO/c1-17-10-9-11-18(2)22(17)25-14-15-26-21-13-12-19(23(3,4)5)16-20(21)24(6,7)8/h9-13,16,25H,14-15H2,1-8H3. The lowest BCUT2D eigenvalue weighted by molar-refractivity contribution is 0.322. The van der Waals surface area contributed by atoms with E-state index in [1.54, 1.807) is 0 Å². The Balaban J connectivity index is 2.09. The van der Waals surface area contributed by atoms with Gasteiger partial charge in [0.15, 0.2) is 0 Å². The minimum Gasteiger partial charge on any atom is -0.491 e. The molecule has 0 aliphatic heterocycles. The molecule has 2 rings (SSSR count). The van der Waals surface area contributed by atoms with Crippen LogP contribution in [0.2, 0.25) is 0 Å². The van der Waals surface area contributed by atoms with E-state index in [9.17, 15) is 0 Å². The minimum atomic E-state index is 0.0522. The normalized spacial score (nSPS) is 12.2. The molecule has 0 heterocycles. The van der Waals surface area contributed by atoms with Crippen LogP contribution in [0, 0.1) is 13.8 Å². The van der Waals surface area contributed by atoms with Crippen LogP contribution in [0.5, 0.6) is 5.75 Å². The Morgan fingerprint density at radius 2 is 1.46 bits per heavy atom. The zero-order valence-electron chi connectivity index (χ0n) is 17.8. The number of nitrogens with one attached hydrogen (secondary N) is 1. The van der Waals surface area contributed by atoms with Gasteiger partial charge < -0.3 is 10.1 Å². The molecule has 2 aromatic carbocycles. The molecular weight excluding hydrogens is 318 g/mol. The van der Waals surface area contributed by atoms with Gasteiger partial charge in [-0.3, -0.25) is 0 Å². The van der Waals surface area contributed by atoms with Crippen molar-refractivity contribution in [2.45, 2.75) is 66.2 Å². The van der Waals surface area contributed by atoms with Crippen LogP contribution in [0.1, 0.15) is 63.8 Å². The van der Waals surface area contributed by atoms with Crippen LogP contribution in [0.3, 0.4) is 0 Å². The highest BCUT2D eigenvalue weighted by Crippen LogP contribution is 2.35. The molecule has 0 radical (unpaired) electrons. The first-order chi connectivity index (χ1) is 12.0. The summed E-state index contributed by atoms with van der Waals surface area (Å²) in [5.41, 5.74) is 6.58. The predicted molar refractivity (Wildman–Crippen MR) is 114 cm³/mol. The van der Waals surface area contributed by atoms with Crippen molar-refractivity contribution in [3.8, 4) is 5.75 Å². The summed E-state index contributed by atoms with van der Waals surface area (Å²) < 4.78 is 6.17. The Kier molecular flexibility index (Phi) is 6.05. The van der Waals surface area contributed by atoms with E-state index in [-0.39, 0.29) is 10.8 Å². The summed E-state index contributed by atoms with van der Waals surface area (Å²) in [5, 5.41) is 3.52. The molecule has 0 amide bonds. The van der Waals surface area contributed by atoms with Crippen molar-refractivity contribution in [3.05, 3.63) is 58.7 Å². The molecule has 2 heteroatoms. The summed E-state index contributed by atoms with van der Waals surface area (Å²) >= 11 is 0. The van der Waals surface area contributed by atoms with Crippen LogP contribution in [0.4, 0.5) is 5.69 Å². The summed E-state index contributed by atoms with van der Waals surface area (Å²) in [4.78, 5) is 0. The number of hydrogen-bond donors (Lipinski definition) is 1. The van der Waals surface area contributed by atoms with Gasteiger partial charge in [0.05, 0.1) is 0 Å². The first-order valence-corrected chi connectivity index (χ1v) is 9.58. The van der Waals surface area contributed by atoms with Crippen LogP contribution in [0.15, 0.2) is 36.4 Å². The molecule has 0 aromatic heterocycles. The van der Waals surface area contributed by atoms with Gasteiger partial charge in [-0.05, 0) is 53.0 Å². The van der Waals surface area contributed by atoms with E-state index in [0.29, 0.717) is 6.61 Å². The van der Waals surface area contributed by atoms with E-state index in [1.165, 1.54) is 27.9 Å². The van der Waals surface area contributed by atoms with E-state index >= 15 is 0 Å². The SMILES string of the molecule is Cc1cccc(C)c1NCCOc1ccc(C(C)(C)C)cc1C(C)(C)C. The molecule has 0 aliphatic carbocycles. The summed E-state index contributed by atoms with van der Waals surface area (Å²) in [6.45, 7) is 19.2. The number of benzene rings is 2. The molecule has 2 nitrogen and oxygen atoms in total. The third kappa shape index (κ3) is 5.03. The van der Waals surface area contributed by atoms with Crippen molar-refractivity contribution in [1.82, 2.24) is 0 Å². The van der Waals surface area contributed by atoms with Crippen molar-refractivity contribution < 1.29 is 4.74 Å². The Morgan fingerprint density at radius 3 is 2.00 bits per heavy atom. The van der Waals surface area contributed by atoms with E-state index in [1.807, 2.05) is 0 Å². The average Bonchev–Trinajstić information content (AvgIpc) is 2.52. The molecule has 0 spiro atoms. The third-order valence-electron chi connectivity index (χ3n) is 4.80. The van der Waals surface area contributed by atoms with Crippen LogP contribution in [-0.4, -0.2) is 13.2 Å². The van der Waals surface area contributed by atoms with Gasteiger partial charge in [-0.25, -0.2) is 0 Å². The molecule has 26 heavy (non-hydrogen) atoms. The highest BCUT2D eigenvalue weighted by molar-refractivity contribution is 5.56. The highest BCUT2D eigenvalue weighted by atomic mass is 16.5. The fourth-order valence-electron chi connectivity index (χ4n) is 3.14. The molecule has 0 bridgehead atoms.